The molecule has 29 heavy (non-hydrogen) atoms. The maximum absolute atomic E-state index is 10.1. The number of hydrogen-bond acceptors (Lipinski definition) is 6. The number of likely N-dealkylation sites (N-methyl/N-ethyl adjacent to an activating group) is 1. The molecule has 0 aliphatic carbocycles. The van der Waals surface area contributed by atoms with Gasteiger partial charge in [-0.05, 0) is 49.7 Å². The van der Waals surface area contributed by atoms with Crippen molar-refractivity contribution in [3.8, 4) is 28.3 Å². The van der Waals surface area contributed by atoms with Gasteiger partial charge in [-0.1, -0.05) is 13.8 Å². The van der Waals surface area contributed by atoms with Crippen LogP contribution in [0.5, 0.6) is 5.75 Å². The van der Waals surface area contributed by atoms with Crippen LogP contribution in [0.1, 0.15) is 25.5 Å². The highest BCUT2D eigenvalue weighted by molar-refractivity contribution is 5.79. The molecule has 1 saturated heterocycles. The standard InChI is InChI=1S/C22H28N6O/c1-14(2)10-24-22-23-6-5-20(25-22)19-13-28(17-11-27(4)12-17)26-21(19)16-7-15(3)8-18(29)9-16/h5-9,13-14,17,29H,10-12H2,1-4H3,(H,23,24,25). The Hall–Kier alpha value is -2.93. The van der Waals surface area contributed by atoms with Crippen molar-refractivity contribution >= 4 is 5.95 Å². The first kappa shape index (κ1) is 19.4. The van der Waals surface area contributed by atoms with E-state index in [-0.39, 0.29) is 5.75 Å². The van der Waals surface area contributed by atoms with Crippen LogP contribution in [0.15, 0.2) is 36.7 Å². The molecule has 1 aliphatic heterocycles. The van der Waals surface area contributed by atoms with Crippen molar-refractivity contribution in [3.05, 3.63) is 42.2 Å². The van der Waals surface area contributed by atoms with Gasteiger partial charge in [0, 0.05) is 43.2 Å². The summed E-state index contributed by atoms with van der Waals surface area (Å²) in [5.74, 6) is 1.36. The summed E-state index contributed by atoms with van der Waals surface area (Å²) in [6.07, 6.45) is 3.85. The van der Waals surface area contributed by atoms with Gasteiger partial charge in [-0.3, -0.25) is 4.68 Å². The first-order valence-electron chi connectivity index (χ1n) is 10.0. The second-order valence-electron chi connectivity index (χ2n) is 8.34. The maximum atomic E-state index is 10.1. The van der Waals surface area contributed by atoms with Gasteiger partial charge in [-0.15, -0.1) is 0 Å². The summed E-state index contributed by atoms with van der Waals surface area (Å²) in [5, 5.41) is 18.3. The quantitative estimate of drug-likeness (QED) is 0.668. The van der Waals surface area contributed by atoms with Crippen LogP contribution in [0, 0.1) is 12.8 Å². The Morgan fingerprint density at radius 2 is 2.03 bits per heavy atom. The molecule has 3 heterocycles. The summed E-state index contributed by atoms with van der Waals surface area (Å²) in [5.41, 5.74) is 4.47. The van der Waals surface area contributed by atoms with Gasteiger partial charge in [0.05, 0.1) is 11.7 Å². The number of nitrogens with zero attached hydrogens (tertiary/aromatic N) is 5. The molecule has 0 atom stereocenters. The van der Waals surface area contributed by atoms with Gasteiger partial charge >= 0.3 is 0 Å². The average Bonchev–Trinajstić information content (AvgIpc) is 3.08. The van der Waals surface area contributed by atoms with Crippen molar-refractivity contribution in [3.63, 3.8) is 0 Å². The third kappa shape index (κ3) is 4.24. The Morgan fingerprint density at radius 3 is 2.72 bits per heavy atom. The molecular formula is C22H28N6O. The van der Waals surface area contributed by atoms with Crippen molar-refractivity contribution in [2.24, 2.45) is 5.92 Å². The highest BCUT2D eigenvalue weighted by Gasteiger charge is 2.27. The minimum Gasteiger partial charge on any atom is -0.508 e. The molecule has 1 fully saturated rings. The number of nitrogens with one attached hydrogen (secondary N) is 1. The Kier molecular flexibility index (Phi) is 5.24. The lowest BCUT2D eigenvalue weighted by atomic mass is 10.0. The molecule has 4 rings (SSSR count). The molecule has 0 amide bonds. The molecule has 0 radical (unpaired) electrons. The number of aryl methyl sites for hydroxylation is 1. The zero-order valence-electron chi connectivity index (χ0n) is 17.4. The van der Waals surface area contributed by atoms with Crippen molar-refractivity contribution in [1.82, 2.24) is 24.6 Å². The van der Waals surface area contributed by atoms with Gasteiger partial charge in [-0.2, -0.15) is 5.10 Å². The normalized spacial score (nSPS) is 14.9. The molecule has 0 unspecified atom stereocenters. The van der Waals surface area contributed by atoms with Crippen LogP contribution in [0.4, 0.5) is 5.95 Å². The number of aromatic nitrogens is 4. The number of anilines is 1. The van der Waals surface area contributed by atoms with Crippen LogP contribution < -0.4 is 5.32 Å². The summed E-state index contributed by atoms with van der Waals surface area (Å²) < 4.78 is 2.04. The van der Waals surface area contributed by atoms with Crippen LogP contribution in [-0.2, 0) is 0 Å². The lowest BCUT2D eigenvalue weighted by Crippen LogP contribution is -2.45. The smallest absolute Gasteiger partial charge is 0.223 e. The van der Waals surface area contributed by atoms with Crippen LogP contribution >= 0.6 is 0 Å². The lowest BCUT2D eigenvalue weighted by Gasteiger charge is -2.36. The van der Waals surface area contributed by atoms with E-state index in [9.17, 15) is 5.11 Å². The summed E-state index contributed by atoms with van der Waals surface area (Å²) in [6.45, 7) is 9.04. The van der Waals surface area contributed by atoms with Gasteiger partial charge in [0.2, 0.25) is 5.95 Å². The molecule has 152 valence electrons. The third-order valence-corrected chi connectivity index (χ3v) is 5.09. The van der Waals surface area contributed by atoms with Gasteiger partial charge in [0.1, 0.15) is 11.4 Å². The van der Waals surface area contributed by atoms with E-state index in [0.29, 0.717) is 17.9 Å². The predicted octanol–water partition coefficient (Wildman–Crippen LogP) is 3.58. The summed E-state index contributed by atoms with van der Waals surface area (Å²) in [7, 11) is 2.11. The Balaban J connectivity index is 1.76. The molecule has 0 bridgehead atoms. The van der Waals surface area contributed by atoms with E-state index < -0.39 is 0 Å². The van der Waals surface area contributed by atoms with E-state index in [1.54, 1.807) is 18.3 Å². The minimum atomic E-state index is 0.242. The van der Waals surface area contributed by atoms with E-state index in [0.717, 1.165) is 47.7 Å². The molecule has 0 spiro atoms. The topological polar surface area (TPSA) is 79.1 Å². The largest absolute Gasteiger partial charge is 0.508 e. The van der Waals surface area contributed by atoms with Crippen LogP contribution in [0.25, 0.3) is 22.5 Å². The number of benzene rings is 1. The fraction of sp³-hybridized carbons (Fsp3) is 0.409. The molecule has 2 aromatic heterocycles. The lowest BCUT2D eigenvalue weighted by molar-refractivity contribution is 0.131. The first-order chi connectivity index (χ1) is 13.9. The Morgan fingerprint density at radius 1 is 1.24 bits per heavy atom. The van der Waals surface area contributed by atoms with Gasteiger partial charge in [-0.25, -0.2) is 9.97 Å². The van der Waals surface area contributed by atoms with Crippen molar-refractivity contribution in [2.75, 3.05) is 32.0 Å². The number of likely N-dealkylation sites (tertiary alicyclic amines) is 1. The molecule has 1 aliphatic rings. The van der Waals surface area contributed by atoms with Crippen molar-refractivity contribution < 1.29 is 5.11 Å². The molecule has 3 aromatic rings. The van der Waals surface area contributed by atoms with Crippen LogP contribution in [0.3, 0.4) is 0 Å². The van der Waals surface area contributed by atoms with E-state index >= 15 is 0 Å². The summed E-state index contributed by atoms with van der Waals surface area (Å²) in [4.78, 5) is 11.3. The first-order valence-corrected chi connectivity index (χ1v) is 10.0. The molecule has 7 heteroatoms. The van der Waals surface area contributed by atoms with E-state index in [1.165, 1.54) is 0 Å². The van der Waals surface area contributed by atoms with Gasteiger partial charge in [0.25, 0.3) is 0 Å². The van der Waals surface area contributed by atoms with E-state index in [2.05, 4.69) is 42.3 Å². The minimum absolute atomic E-state index is 0.242. The number of aromatic hydroxyl groups is 1. The second kappa shape index (κ2) is 7.83. The highest BCUT2D eigenvalue weighted by Crippen LogP contribution is 2.34. The predicted molar refractivity (Wildman–Crippen MR) is 115 cm³/mol. The number of rotatable bonds is 6. The fourth-order valence-electron chi connectivity index (χ4n) is 3.60. The van der Waals surface area contributed by atoms with Crippen molar-refractivity contribution in [2.45, 2.75) is 26.8 Å². The molecule has 7 nitrogen and oxygen atoms in total. The zero-order valence-corrected chi connectivity index (χ0v) is 17.4. The van der Waals surface area contributed by atoms with Crippen molar-refractivity contribution in [1.29, 1.82) is 0 Å². The molecule has 1 aromatic carbocycles. The number of phenolic OH excluding ortho intramolecular Hbond substituents is 1. The van der Waals surface area contributed by atoms with Gasteiger partial charge in [0.15, 0.2) is 0 Å². The molecule has 0 saturated carbocycles. The highest BCUT2D eigenvalue weighted by atomic mass is 16.3. The number of phenols is 1. The Bertz CT molecular complexity index is 986. The van der Waals surface area contributed by atoms with E-state index in [4.69, 9.17) is 10.1 Å². The monoisotopic (exact) mass is 392 g/mol. The third-order valence-electron chi connectivity index (χ3n) is 5.09. The van der Waals surface area contributed by atoms with Crippen LogP contribution in [0.2, 0.25) is 0 Å². The number of hydrogen-bond donors (Lipinski definition) is 2. The zero-order chi connectivity index (χ0) is 20.5. The second-order valence-corrected chi connectivity index (χ2v) is 8.34. The maximum Gasteiger partial charge on any atom is 0.223 e. The summed E-state index contributed by atoms with van der Waals surface area (Å²) in [6, 6.07) is 7.82. The average molecular weight is 393 g/mol. The SMILES string of the molecule is Cc1cc(O)cc(-c2nn(C3CN(C)C3)cc2-c2ccnc(NCC(C)C)n2)c1. The van der Waals surface area contributed by atoms with E-state index in [1.807, 2.05) is 23.7 Å². The fourth-order valence-corrected chi connectivity index (χ4v) is 3.60. The summed E-state index contributed by atoms with van der Waals surface area (Å²) >= 11 is 0. The van der Waals surface area contributed by atoms with Gasteiger partial charge < -0.3 is 15.3 Å². The van der Waals surface area contributed by atoms with Crippen LogP contribution in [-0.4, -0.2) is 56.4 Å². The molecule has 2 N–H and O–H groups in total. The molecular weight excluding hydrogens is 364 g/mol. The Labute approximate surface area is 171 Å².